The van der Waals surface area contributed by atoms with Crippen molar-refractivity contribution in [3.8, 4) is 0 Å². The molecule has 0 amide bonds. The molecule has 2 rings (SSSR count). The zero-order valence-corrected chi connectivity index (χ0v) is 10.1. The summed E-state index contributed by atoms with van der Waals surface area (Å²) >= 11 is 0. The summed E-state index contributed by atoms with van der Waals surface area (Å²) in [4.78, 5) is 0. The first-order valence-corrected chi connectivity index (χ1v) is 5.81. The summed E-state index contributed by atoms with van der Waals surface area (Å²) in [6.07, 6.45) is 2.40. The molecule has 0 spiro atoms. The predicted octanol–water partition coefficient (Wildman–Crippen LogP) is 3.75. The highest BCUT2D eigenvalue weighted by Crippen LogP contribution is 2.10. The average Bonchev–Trinajstić information content (AvgIpc) is 2.46. The van der Waals surface area contributed by atoms with E-state index in [0.29, 0.717) is 12.1 Å². The highest BCUT2D eigenvalue weighted by atomic mass is 16.4. The number of hydrogen-bond acceptors (Lipinski definition) is 2. The molecule has 2 nitrogen and oxygen atoms in total. The molecule has 0 unspecified atom stereocenters. The molecule has 90 valence electrons. The summed E-state index contributed by atoms with van der Waals surface area (Å²) in [6, 6.07) is 17.8. The number of oxime groups is 1. The molecule has 2 aromatic rings. The van der Waals surface area contributed by atoms with Gasteiger partial charge >= 0.3 is 0 Å². The van der Waals surface area contributed by atoms with Crippen molar-refractivity contribution < 1.29 is 5.21 Å². The van der Waals surface area contributed by atoms with Gasteiger partial charge in [-0.15, -0.1) is 0 Å². The Hall–Kier alpha value is -2.35. The summed E-state index contributed by atoms with van der Waals surface area (Å²) in [5, 5.41) is 12.5. The summed E-state index contributed by atoms with van der Waals surface area (Å²) in [6.45, 7) is 3.71. The van der Waals surface area contributed by atoms with Crippen molar-refractivity contribution in [1.29, 1.82) is 0 Å². The monoisotopic (exact) mass is 237 g/mol. The van der Waals surface area contributed by atoms with Gasteiger partial charge in [0.15, 0.2) is 0 Å². The summed E-state index contributed by atoms with van der Waals surface area (Å²) in [7, 11) is 0. The lowest BCUT2D eigenvalue weighted by Gasteiger charge is -2.05. The molecule has 0 aliphatic carbocycles. The molecule has 0 aliphatic heterocycles. The number of hydrogen-bond donors (Lipinski definition) is 1. The van der Waals surface area contributed by atoms with E-state index in [2.05, 4.69) is 11.7 Å². The lowest BCUT2D eigenvalue weighted by molar-refractivity contribution is 0.318. The van der Waals surface area contributed by atoms with Gasteiger partial charge < -0.3 is 5.21 Å². The molecule has 0 saturated heterocycles. The third-order valence-electron chi connectivity index (χ3n) is 2.81. The van der Waals surface area contributed by atoms with Crippen molar-refractivity contribution in [2.75, 3.05) is 0 Å². The second kappa shape index (κ2) is 5.82. The Balaban J connectivity index is 2.21. The van der Waals surface area contributed by atoms with E-state index in [0.717, 1.165) is 16.7 Å². The first-order valence-electron chi connectivity index (χ1n) is 5.81. The van der Waals surface area contributed by atoms with Crippen LogP contribution in [0.1, 0.15) is 16.7 Å². The third-order valence-corrected chi connectivity index (χ3v) is 2.81. The minimum atomic E-state index is 0.616. The quantitative estimate of drug-likeness (QED) is 0.490. The minimum Gasteiger partial charge on any atom is -0.411 e. The SMILES string of the molecule is C=Cc1ccc(/C(Cc2ccccc2)=N\O)cc1. The fourth-order valence-electron chi connectivity index (χ4n) is 1.80. The molecule has 0 radical (unpaired) electrons. The Kier molecular flexibility index (Phi) is 3.92. The van der Waals surface area contributed by atoms with Gasteiger partial charge in [0.25, 0.3) is 0 Å². The van der Waals surface area contributed by atoms with Crippen LogP contribution in [-0.4, -0.2) is 10.9 Å². The smallest absolute Gasteiger partial charge is 0.0911 e. The lowest BCUT2D eigenvalue weighted by atomic mass is 10.0. The van der Waals surface area contributed by atoms with Gasteiger partial charge in [0, 0.05) is 6.42 Å². The molecular weight excluding hydrogens is 222 g/mol. The molecule has 0 heterocycles. The number of nitrogens with zero attached hydrogens (tertiary/aromatic N) is 1. The van der Waals surface area contributed by atoms with Crippen molar-refractivity contribution in [2.45, 2.75) is 6.42 Å². The highest BCUT2D eigenvalue weighted by Gasteiger charge is 2.05. The van der Waals surface area contributed by atoms with Crippen LogP contribution in [0.3, 0.4) is 0 Å². The maximum atomic E-state index is 9.14. The largest absolute Gasteiger partial charge is 0.411 e. The van der Waals surface area contributed by atoms with Gasteiger partial charge in [-0.1, -0.05) is 72.4 Å². The van der Waals surface area contributed by atoms with Crippen molar-refractivity contribution in [3.05, 3.63) is 77.9 Å². The lowest BCUT2D eigenvalue weighted by Crippen LogP contribution is -2.05. The van der Waals surface area contributed by atoms with Crippen LogP contribution in [-0.2, 0) is 6.42 Å². The molecule has 2 heteroatoms. The topological polar surface area (TPSA) is 32.6 Å². The summed E-state index contributed by atoms with van der Waals surface area (Å²) in [5.41, 5.74) is 3.76. The average molecular weight is 237 g/mol. The highest BCUT2D eigenvalue weighted by molar-refractivity contribution is 6.01. The second-order valence-corrected chi connectivity index (χ2v) is 4.04. The van der Waals surface area contributed by atoms with Gasteiger partial charge in [-0.25, -0.2) is 0 Å². The van der Waals surface area contributed by atoms with E-state index >= 15 is 0 Å². The Labute approximate surface area is 107 Å². The summed E-state index contributed by atoms with van der Waals surface area (Å²) < 4.78 is 0. The molecule has 0 atom stereocenters. The second-order valence-electron chi connectivity index (χ2n) is 4.04. The molecular formula is C16H15NO. The Morgan fingerprint density at radius 2 is 1.72 bits per heavy atom. The first kappa shape index (κ1) is 12.1. The predicted molar refractivity (Wildman–Crippen MR) is 75.0 cm³/mol. The van der Waals surface area contributed by atoms with Gasteiger partial charge in [-0.3, -0.25) is 0 Å². The summed E-state index contributed by atoms with van der Waals surface area (Å²) in [5.74, 6) is 0. The van der Waals surface area contributed by atoms with Gasteiger partial charge in [0.2, 0.25) is 0 Å². The minimum absolute atomic E-state index is 0.616. The van der Waals surface area contributed by atoms with E-state index < -0.39 is 0 Å². The molecule has 0 saturated carbocycles. The molecule has 0 fully saturated rings. The van der Waals surface area contributed by atoms with Crippen LogP contribution in [0.15, 0.2) is 66.3 Å². The zero-order chi connectivity index (χ0) is 12.8. The van der Waals surface area contributed by atoms with E-state index in [1.54, 1.807) is 6.08 Å². The van der Waals surface area contributed by atoms with Crippen LogP contribution in [0.25, 0.3) is 6.08 Å². The molecule has 0 aromatic heterocycles. The maximum Gasteiger partial charge on any atom is 0.0911 e. The fraction of sp³-hybridized carbons (Fsp3) is 0.0625. The molecule has 0 aliphatic rings. The van der Waals surface area contributed by atoms with Crippen molar-refractivity contribution >= 4 is 11.8 Å². The van der Waals surface area contributed by atoms with E-state index in [1.807, 2.05) is 54.6 Å². The maximum absolute atomic E-state index is 9.14. The fourth-order valence-corrected chi connectivity index (χ4v) is 1.80. The van der Waals surface area contributed by atoms with E-state index in [-0.39, 0.29) is 0 Å². The van der Waals surface area contributed by atoms with Crippen molar-refractivity contribution in [1.82, 2.24) is 0 Å². The van der Waals surface area contributed by atoms with Crippen LogP contribution in [0, 0.1) is 0 Å². The van der Waals surface area contributed by atoms with E-state index in [4.69, 9.17) is 5.21 Å². The van der Waals surface area contributed by atoms with Crippen LogP contribution in [0.4, 0.5) is 0 Å². The van der Waals surface area contributed by atoms with Crippen LogP contribution >= 0.6 is 0 Å². The Morgan fingerprint density at radius 1 is 1.06 bits per heavy atom. The Morgan fingerprint density at radius 3 is 2.28 bits per heavy atom. The standard InChI is InChI=1S/C16H15NO/c1-2-13-8-10-15(11-9-13)16(17-18)12-14-6-4-3-5-7-14/h2-11,18H,1,12H2/b17-16-. The van der Waals surface area contributed by atoms with Crippen LogP contribution < -0.4 is 0 Å². The van der Waals surface area contributed by atoms with Gasteiger partial charge in [0.05, 0.1) is 5.71 Å². The number of rotatable bonds is 4. The van der Waals surface area contributed by atoms with Crippen molar-refractivity contribution in [3.63, 3.8) is 0 Å². The van der Waals surface area contributed by atoms with E-state index in [9.17, 15) is 0 Å². The molecule has 0 bridgehead atoms. The van der Waals surface area contributed by atoms with Gasteiger partial charge in [-0.2, -0.15) is 0 Å². The van der Waals surface area contributed by atoms with Gasteiger partial charge in [0.1, 0.15) is 0 Å². The van der Waals surface area contributed by atoms with Crippen LogP contribution in [0.2, 0.25) is 0 Å². The first-order chi connectivity index (χ1) is 8.83. The normalized spacial score (nSPS) is 11.2. The molecule has 1 N–H and O–H groups in total. The van der Waals surface area contributed by atoms with Crippen molar-refractivity contribution in [2.24, 2.45) is 5.16 Å². The molecule has 18 heavy (non-hydrogen) atoms. The van der Waals surface area contributed by atoms with Crippen LogP contribution in [0.5, 0.6) is 0 Å². The zero-order valence-electron chi connectivity index (χ0n) is 10.1. The third kappa shape index (κ3) is 2.86. The number of benzene rings is 2. The van der Waals surface area contributed by atoms with E-state index in [1.165, 1.54) is 0 Å². The Bertz CT molecular complexity index is 541. The van der Waals surface area contributed by atoms with Gasteiger partial charge in [-0.05, 0) is 16.7 Å². The molecule has 2 aromatic carbocycles.